The largest absolute Gasteiger partial charge is 0.469 e. The maximum atomic E-state index is 12.2. The number of likely N-dealkylation sites (N-methyl/N-ethyl adjacent to an activating group) is 1. The molecular weight excluding hydrogens is 386 g/mol. The molecule has 0 aliphatic heterocycles. The molecule has 0 fully saturated rings. The first-order valence-electron chi connectivity index (χ1n) is 11.5. The first-order valence-corrected chi connectivity index (χ1v) is 11.5. The molecule has 0 aliphatic rings. The number of ether oxygens (including phenoxy) is 3. The van der Waals surface area contributed by atoms with Gasteiger partial charge in [0, 0.05) is 12.8 Å². The minimum Gasteiger partial charge on any atom is -0.469 e. The molecule has 7 heteroatoms. The van der Waals surface area contributed by atoms with E-state index in [-0.39, 0.29) is 30.6 Å². The molecule has 1 unspecified atom stereocenters. The van der Waals surface area contributed by atoms with Crippen LogP contribution in [0.2, 0.25) is 0 Å². The number of carbonyl (C=O) groups is 3. The van der Waals surface area contributed by atoms with Gasteiger partial charge >= 0.3 is 17.9 Å². The summed E-state index contributed by atoms with van der Waals surface area (Å²) in [5, 5.41) is 0. The van der Waals surface area contributed by atoms with Crippen LogP contribution in [0.1, 0.15) is 84.5 Å². The summed E-state index contributed by atoms with van der Waals surface area (Å²) in [7, 11) is 5.46. The molecule has 0 radical (unpaired) electrons. The van der Waals surface area contributed by atoms with E-state index in [0.717, 1.165) is 57.9 Å². The summed E-state index contributed by atoms with van der Waals surface area (Å²) in [6.07, 6.45) is 8.94. The molecule has 30 heavy (non-hydrogen) atoms. The summed E-state index contributed by atoms with van der Waals surface area (Å²) in [6.45, 7) is 5.43. The number of esters is 3. The molecule has 0 amide bonds. The van der Waals surface area contributed by atoms with Crippen molar-refractivity contribution >= 4 is 17.9 Å². The standard InChI is InChI=1S/C23H44NO6/c1-6-8-17-24(3,4)18-23(27)30-20(7-2)19-29-22(26)16-14-12-10-9-11-13-15-21(25)28-5/h20H,6-19H2,1-5H3/q+1. The second-order valence-corrected chi connectivity index (χ2v) is 8.57. The first-order chi connectivity index (χ1) is 14.2. The molecule has 0 aliphatic carbocycles. The fraction of sp³-hybridized carbons (Fsp3) is 0.870. The predicted octanol–water partition coefficient (Wildman–Crippen LogP) is 4.02. The molecule has 176 valence electrons. The Bertz CT molecular complexity index is 492. The third-order valence-electron chi connectivity index (χ3n) is 5.10. The van der Waals surface area contributed by atoms with Crippen molar-refractivity contribution in [1.29, 1.82) is 0 Å². The van der Waals surface area contributed by atoms with Crippen molar-refractivity contribution in [1.82, 2.24) is 0 Å². The second kappa shape index (κ2) is 17.1. The van der Waals surface area contributed by atoms with Crippen LogP contribution < -0.4 is 0 Å². The molecule has 0 rings (SSSR count). The summed E-state index contributed by atoms with van der Waals surface area (Å²) < 4.78 is 16.0. The quantitative estimate of drug-likeness (QED) is 0.141. The van der Waals surface area contributed by atoms with Crippen LogP contribution in [0, 0.1) is 0 Å². The maximum absolute atomic E-state index is 12.2. The lowest BCUT2D eigenvalue weighted by Crippen LogP contribution is -2.45. The van der Waals surface area contributed by atoms with Crippen LogP contribution in [0.4, 0.5) is 0 Å². The van der Waals surface area contributed by atoms with Crippen LogP contribution in [0.15, 0.2) is 0 Å². The lowest BCUT2D eigenvalue weighted by Gasteiger charge is -2.29. The zero-order valence-electron chi connectivity index (χ0n) is 19.9. The van der Waals surface area contributed by atoms with Gasteiger partial charge in [0.2, 0.25) is 0 Å². The molecule has 0 heterocycles. The smallest absolute Gasteiger partial charge is 0.362 e. The Hall–Kier alpha value is -1.63. The Morgan fingerprint density at radius 2 is 1.37 bits per heavy atom. The molecule has 0 N–H and O–H groups in total. The van der Waals surface area contributed by atoms with Crippen LogP contribution in [-0.2, 0) is 28.6 Å². The lowest BCUT2D eigenvalue weighted by atomic mass is 10.1. The van der Waals surface area contributed by atoms with Crippen molar-refractivity contribution in [2.45, 2.75) is 90.6 Å². The fourth-order valence-corrected chi connectivity index (χ4v) is 3.08. The third kappa shape index (κ3) is 16.2. The van der Waals surface area contributed by atoms with E-state index < -0.39 is 0 Å². The van der Waals surface area contributed by atoms with Gasteiger partial charge in [-0.25, -0.2) is 4.79 Å². The molecule has 0 aromatic rings. The SMILES string of the molecule is CCCC[N+](C)(C)CC(=O)OC(CC)COC(=O)CCCCCCCCC(=O)OC. The van der Waals surface area contributed by atoms with Gasteiger partial charge < -0.3 is 18.7 Å². The molecule has 1 atom stereocenters. The van der Waals surface area contributed by atoms with Gasteiger partial charge in [0.1, 0.15) is 12.7 Å². The van der Waals surface area contributed by atoms with E-state index in [1.807, 2.05) is 21.0 Å². The van der Waals surface area contributed by atoms with Gasteiger partial charge in [-0.15, -0.1) is 0 Å². The number of carbonyl (C=O) groups excluding carboxylic acids is 3. The summed E-state index contributed by atoms with van der Waals surface area (Å²) >= 11 is 0. The predicted molar refractivity (Wildman–Crippen MR) is 117 cm³/mol. The zero-order valence-corrected chi connectivity index (χ0v) is 19.9. The van der Waals surface area contributed by atoms with Gasteiger partial charge in [0.05, 0.1) is 27.7 Å². The minimum absolute atomic E-state index is 0.122. The highest BCUT2D eigenvalue weighted by Gasteiger charge is 2.23. The van der Waals surface area contributed by atoms with Crippen molar-refractivity contribution in [3.63, 3.8) is 0 Å². The summed E-state index contributed by atoms with van der Waals surface area (Å²) in [6, 6.07) is 0. The Labute approximate surface area is 183 Å². The van der Waals surface area contributed by atoms with Crippen molar-refractivity contribution in [3.05, 3.63) is 0 Å². The maximum Gasteiger partial charge on any atom is 0.362 e. The summed E-state index contributed by atoms with van der Waals surface area (Å²) in [5.74, 6) is -0.645. The fourth-order valence-electron chi connectivity index (χ4n) is 3.08. The number of quaternary nitrogens is 1. The van der Waals surface area contributed by atoms with Gasteiger partial charge in [-0.05, 0) is 25.7 Å². The van der Waals surface area contributed by atoms with Gasteiger partial charge in [0.15, 0.2) is 6.54 Å². The molecule has 0 saturated carbocycles. The molecule has 0 bridgehead atoms. The highest BCUT2D eigenvalue weighted by Crippen LogP contribution is 2.10. The van der Waals surface area contributed by atoms with Crippen LogP contribution in [0.25, 0.3) is 0 Å². The Morgan fingerprint density at radius 1 is 0.800 bits per heavy atom. The summed E-state index contributed by atoms with van der Waals surface area (Å²) in [4.78, 5) is 35.1. The van der Waals surface area contributed by atoms with Crippen molar-refractivity contribution < 1.29 is 33.1 Å². The molecule has 0 spiro atoms. The van der Waals surface area contributed by atoms with Crippen molar-refractivity contribution in [2.75, 3.05) is 40.9 Å². The highest BCUT2D eigenvalue weighted by atomic mass is 16.6. The Balaban J connectivity index is 3.88. The summed E-state index contributed by atoms with van der Waals surface area (Å²) in [5.41, 5.74) is 0. The number of rotatable bonds is 18. The number of hydrogen-bond acceptors (Lipinski definition) is 6. The van der Waals surface area contributed by atoms with Crippen molar-refractivity contribution in [2.24, 2.45) is 0 Å². The van der Waals surface area contributed by atoms with E-state index in [2.05, 4.69) is 11.7 Å². The van der Waals surface area contributed by atoms with E-state index in [1.165, 1.54) is 7.11 Å². The molecule has 7 nitrogen and oxygen atoms in total. The average molecular weight is 431 g/mol. The van der Waals surface area contributed by atoms with E-state index in [0.29, 0.717) is 30.3 Å². The molecule has 0 aromatic carbocycles. The van der Waals surface area contributed by atoms with Gasteiger partial charge in [0.25, 0.3) is 0 Å². The molecular formula is C23H44NO6+. The lowest BCUT2D eigenvalue weighted by molar-refractivity contribution is -0.883. The van der Waals surface area contributed by atoms with E-state index in [9.17, 15) is 14.4 Å². The van der Waals surface area contributed by atoms with E-state index in [1.54, 1.807) is 0 Å². The molecule has 0 saturated heterocycles. The Kier molecular flexibility index (Phi) is 16.2. The van der Waals surface area contributed by atoms with Crippen molar-refractivity contribution in [3.8, 4) is 0 Å². The number of methoxy groups -OCH3 is 1. The third-order valence-corrected chi connectivity index (χ3v) is 5.10. The van der Waals surface area contributed by atoms with Crippen LogP contribution in [0.3, 0.4) is 0 Å². The van der Waals surface area contributed by atoms with Crippen LogP contribution in [-0.4, -0.2) is 69.4 Å². The number of unbranched alkanes of at least 4 members (excludes halogenated alkanes) is 6. The first kappa shape index (κ1) is 28.4. The van der Waals surface area contributed by atoms with E-state index >= 15 is 0 Å². The average Bonchev–Trinajstić information content (AvgIpc) is 2.70. The van der Waals surface area contributed by atoms with Gasteiger partial charge in [-0.3, -0.25) is 9.59 Å². The topological polar surface area (TPSA) is 78.9 Å². The zero-order chi connectivity index (χ0) is 22.8. The normalized spacial score (nSPS) is 12.3. The second-order valence-electron chi connectivity index (χ2n) is 8.57. The van der Waals surface area contributed by atoms with Crippen LogP contribution in [0.5, 0.6) is 0 Å². The number of nitrogens with zero attached hydrogens (tertiary/aromatic N) is 1. The van der Waals surface area contributed by atoms with Gasteiger partial charge in [-0.2, -0.15) is 0 Å². The van der Waals surface area contributed by atoms with Crippen LogP contribution >= 0.6 is 0 Å². The Morgan fingerprint density at radius 3 is 1.90 bits per heavy atom. The highest BCUT2D eigenvalue weighted by molar-refractivity contribution is 5.71. The number of hydrogen-bond donors (Lipinski definition) is 0. The van der Waals surface area contributed by atoms with Gasteiger partial charge in [-0.1, -0.05) is 46.0 Å². The monoisotopic (exact) mass is 430 g/mol. The molecule has 0 aromatic heterocycles. The minimum atomic E-state index is -0.387. The van der Waals surface area contributed by atoms with E-state index in [4.69, 9.17) is 9.47 Å².